The van der Waals surface area contributed by atoms with Gasteiger partial charge in [0, 0.05) is 56.5 Å². The van der Waals surface area contributed by atoms with Crippen molar-refractivity contribution < 1.29 is 14.4 Å². The summed E-state index contributed by atoms with van der Waals surface area (Å²) in [5.41, 5.74) is 0.544. The number of oxime groups is 1. The van der Waals surface area contributed by atoms with Gasteiger partial charge in [0.2, 0.25) is 0 Å². The first-order chi connectivity index (χ1) is 13.5. The third-order valence-corrected chi connectivity index (χ3v) is 6.10. The average molecular weight is 385 g/mol. The molecule has 0 aliphatic carbocycles. The lowest BCUT2D eigenvalue weighted by Gasteiger charge is -2.35. The van der Waals surface area contributed by atoms with Gasteiger partial charge in [-0.05, 0) is 39.1 Å². The Morgan fingerprint density at radius 2 is 1.82 bits per heavy atom. The fourth-order valence-corrected chi connectivity index (χ4v) is 4.32. The summed E-state index contributed by atoms with van der Waals surface area (Å²) in [5.74, 6) is -0.0543. The minimum Gasteiger partial charge on any atom is -0.386 e. The van der Waals surface area contributed by atoms with Gasteiger partial charge >= 0.3 is 0 Å². The lowest BCUT2D eigenvalue weighted by molar-refractivity contribution is -0.125. The van der Waals surface area contributed by atoms with E-state index in [0.29, 0.717) is 43.2 Å². The Labute approximate surface area is 165 Å². The second-order valence-corrected chi connectivity index (χ2v) is 8.19. The topological polar surface area (TPSA) is 78.3 Å². The summed E-state index contributed by atoms with van der Waals surface area (Å²) in [6, 6.07) is 3.96. The average Bonchev–Trinajstić information content (AvgIpc) is 3.34. The molecule has 0 radical (unpaired) electrons. The van der Waals surface area contributed by atoms with E-state index in [9.17, 15) is 9.59 Å². The standard InChI is InChI=1S/C20H27N5O3/c1-23(2)16-5-10-24(11-6-16)19(27)17-13-20(28-22-17)7-12-25(14-20)18(26)15-3-8-21-9-4-15/h3-4,8-9,16H,5-7,10-14H2,1-2H3. The molecule has 1 aromatic rings. The number of carbonyl (C=O) groups excluding carboxylic acids is 2. The van der Waals surface area contributed by atoms with Gasteiger partial charge in [-0.3, -0.25) is 14.6 Å². The molecule has 2 amide bonds. The molecular weight excluding hydrogens is 358 g/mol. The van der Waals surface area contributed by atoms with E-state index in [1.54, 1.807) is 29.4 Å². The normalized spacial score (nSPS) is 25.3. The predicted molar refractivity (Wildman–Crippen MR) is 104 cm³/mol. The Morgan fingerprint density at radius 3 is 2.50 bits per heavy atom. The number of rotatable bonds is 3. The molecule has 4 heterocycles. The second-order valence-electron chi connectivity index (χ2n) is 8.19. The number of pyridine rings is 1. The summed E-state index contributed by atoms with van der Waals surface area (Å²) < 4.78 is 0. The summed E-state index contributed by atoms with van der Waals surface area (Å²) in [4.78, 5) is 41.1. The number of carbonyl (C=O) groups is 2. The van der Waals surface area contributed by atoms with E-state index in [1.165, 1.54) is 0 Å². The molecule has 28 heavy (non-hydrogen) atoms. The van der Waals surface area contributed by atoms with E-state index in [1.807, 2.05) is 4.90 Å². The molecule has 3 aliphatic heterocycles. The Balaban J connectivity index is 1.34. The Bertz CT molecular complexity index is 773. The van der Waals surface area contributed by atoms with Gasteiger partial charge < -0.3 is 19.5 Å². The SMILES string of the molecule is CN(C)C1CCN(C(=O)C2=NOC3(CCN(C(=O)c4ccncc4)C3)C2)CC1. The van der Waals surface area contributed by atoms with E-state index < -0.39 is 5.60 Å². The molecule has 4 rings (SSSR count). The molecule has 0 saturated carbocycles. The summed E-state index contributed by atoms with van der Waals surface area (Å²) in [7, 11) is 4.17. The van der Waals surface area contributed by atoms with Crippen LogP contribution in [0.4, 0.5) is 0 Å². The highest BCUT2D eigenvalue weighted by molar-refractivity contribution is 6.39. The first-order valence-corrected chi connectivity index (χ1v) is 9.87. The number of amides is 2. The zero-order chi connectivity index (χ0) is 19.7. The Hall–Kier alpha value is -2.48. The maximum Gasteiger partial charge on any atom is 0.271 e. The molecule has 0 bridgehead atoms. The van der Waals surface area contributed by atoms with Crippen molar-refractivity contribution in [3.63, 3.8) is 0 Å². The largest absolute Gasteiger partial charge is 0.386 e. The Morgan fingerprint density at radius 1 is 1.11 bits per heavy atom. The first-order valence-electron chi connectivity index (χ1n) is 9.87. The highest BCUT2D eigenvalue weighted by atomic mass is 16.7. The van der Waals surface area contributed by atoms with Gasteiger partial charge in [0.25, 0.3) is 11.8 Å². The van der Waals surface area contributed by atoms with Crippen LogP contribution in [0.25, 0.3) is 0 Å². The van der Waals surface area contributed by atoms with Gasteiger partial charge in [0.15, 0.2) is 5.60 Å². The summed E-state index contributed by atoms with van der Waals surface area (Å²) in [6.45, 7) is 2.56. The molecule has 2 saturated heterocycles. The van der Waals surface area contributed by atoms with Crippen molar-refractivity contribution in [2.75, 3.05) is 40.3 Å². The van der Waals surface area contributed by atoms with Crippen LogP contribution in [0.5, 0.6) is 0 Å². The third-order valence-electron chi connectivity index (χ3n) is 6.10. The summed E-state index contributed by atoms with van der Waals surface area (Å²) >= 11 is 0. The molecule has 1 aromatic heterocycles. The number of piperidine rings is 1. The quantitative estimate of drug-likeness (QED) is 0.776. The van der Waals surface area contributed by atoms with Crippen LogP contribution in [0.1, 0.15) is 36.0 Å². The number of aromatic nitrogens is 1. The minimum atomic E-state index is -0.560. The van der Waals surface area contributed by atoms with Crippen LogP contribution in [-0.4, -0.2) is 89.1 Å². The van der Waals surface area contributed by atoms with Crippen LogP contribution in [-0.2, 0) is 9.63 Å². The maximum absolute atomic E-state index is 12.9. The van der Waals surface area contributed by atoms with Crippen LogP contribution in [0, 0.1) is 0 Å². The van der Waals surface area contributed by atoms with Gasteiger partial charge in [-0.2, -0.15) is 0 Å². The van der Waals surface area contributed by atoms with Crippen molar-refractivity contribution in [1.29, 1.82) is 0 Å². The molecule has 1 atom stereocenters. The van der Waals surface area contributed by atoms with Gasteiger partial charge in [-0.15, -0.1) is 0 Å². The van der Waals surface area contributed by atoms with Gasteiger partial charge in [0.1, 0.15) is 5.71 Å². The number of hydrogen-bond acceptors (Lipinski definition) is 6. The van der Waals surface area contributed by atoms with E-state index in [-0.39, 0.29) is 11.8 Å². The van der Waals surface area contributed by atoms with E-state index in [2.05, 4.69) is 29.1 Å². The van der Waals surface area contributed by atoms with E-state index in [4.69, 9.17) is 4.84 Å². The van der Waals surface area contributed by atoms with Crippen molar-refractivity contribution in [3.05, 3.63) is 30.1 Å². The molecule has 0 aromatic carbocycles. The van der Waals surface area contributed by atoms with E-state index in [0.717, 1.165) is 25.9 Å². The highest BCUT2D eigenvalue weighted by Crippen LogP contribution is 2.35. The molecule has 2 fully saturated rings. The number of nitrogens with zero attached hydrogens (tertiary/aromatic N) is 5. The van der Waals surface area contributed by atoms with Crippen LogP contribution in [0.15, 0.2) is 29.7 Å². The van der Waals surface area contributed by atoms with Gasteiger partial charge in [-0.25, -0.2) is 0 Å². The molecule has 1 spiro atoms. The molecular formula is C20H27N5O3. The van der Waals surface area contributed by atoms with Crippen LogP contribution in [0.2, 0.25) is 0 Å². The lowest BCUT2D eigenvalue weighted by Crippen LogP contribution is -2.47. The minimum absolute atomic E-state index is 0.0204. The molecule has 1 unspecified atom stereocenters. The monoisotopic (exact) mass is 385 g/mol. The third kappa shape index (κ3) is 3.61. The summed E-state index contributed by atoms with van der Waals surface area (Å²) in [6.07, 6.45) is 6.35. The predicted octanol–water partition coefficient (Wildman–Crippen LogP) is 0.995. The maximum atomic E-state index is 12.9. The highest BCUT2D eigenvalue weighted by Gasteiger charge is 2.48. The second kappa shape index (κ2) is 7.50. The molecule has 8 heteroatoms. The first kappa shape index (κ1) is 18.9. The molecule has 150 valence electrons. The zero-order valence-corrected chi connectivity index (χ0v) is 16.5. The van der Waals surface area contributed by atoms with Gasteiger partial charge in [-0.1, -0.05) is 5.16 Å². The number of likely N-dealkylation sites (tertiary alicyclic amines) is 2. The number of hydrogen-bond donors (Lipinski definition) is 0. The fourth-order valence-electron chi connectivity index (χ4n) is 4.32. The Kier molecular flexibility index (Phi) is 5.05. The molecule has 3 aliphatic rings. The van der Waals surface area contributed by atoms with Crippen molar-refractivity contribution >= 4 is 17.5 Å². The van der Waals surface area contributed by atoms with Crippen molar-refractivity contribution in [2.24, 2.45) is 5.16 Å². The van der Waals surface area contributed by atoms with Crippen molar-refractivity contribution in [3.8, 4) is 0 Å². The van der Waals surface area contributed by atoms with Crippen molar-refractivity contribution in [1.82, 2.24) is 19.7 Å². The molecule has 0 N–H and O–H groups in total. The zero-order valence-electron chi connectivity index (χ0n) is 16.5. The lowest BCUT2D eigenvalue weighted by atomic mass is 9.95. The van der Waals surface area contributed by atoms with Gasteiger partial charge in [0.05, 0.1) is 6.54 Å². The smallest absolute Gasteiger partial charge is 0.271 e. The van der Waals surface area contributed by atoms with Crippen LogP contribution in [0.3, 0.4) is 0 Å². The van der Waals surface area contributed by atoms with Crippen LogP contribution < -0.4 is 0 Å². The van der Waals surface area contributed by atoms with Crippen molar-refractivity contribution in [2.45, 2.75) is 37.3 Å². The van der Waals surface area contributed by atoms with Crippen LogP contribution >= 0.6 is 0 Å². The summed E-state index contributed by atoms with van der Waals surface area (Å²) in [5, 5.41) is 4.13. The fraction of sp³-hybridized carbons (Fsp3) is 0.600. The van der Waals surface area contributed by atoms with E-state index >= 15 is 0 Å². The molecule has 8 nitrogen and oxygen atoms in total.